The molecule has 1 N–H and O–H groups in total. The van der Waals surface area contributed by atoms with Crippen molar-refractivity contribution in [3.05, 3.63) is 24.0 Å². The fourth-order valence-electron chi connectivity index (χ4n) is 2.32. The van der Waals surface area contributed by atoms with Crippen molar-refractivity contribution in [3.8, 4) is 0 Å². The molecule has 1 unspecified atom stereocenters. The van der Waals surface area contributed by atoms with Gasteiger partial charge in [0.25, 0.3) is 0 Å². The van der Waals surface area contributed by atoms with Gasteiger partial charge in [-0.2, -0.15) is 10.2 Å². The quantitative estimate of drug-likeness (QED) is 0.880. The fraction of sp³-hybridized carbons (Fsp3) is 0.714. The summed E-state index contributed by atoms with van der Waals surface area (Å²) in [6, 6.07) is 4.00. The first-order chi connectivity index (χ1) is 8.53. The second-order valence-electron chi connectivity index (χ2n) is 6.24. The number of rotatable bonds is 4. The van der Waals surface area contributed by atoms with E-state index in [2.05, 4.69) is 41.2 Å². The number of nitrogens with zero attached hydrogens (tertiary/aromatic N) is 3. The van der Waals surface area contributed by atoms with Gasteiger partial charge in [0.1, 0.15) is 0 Å². The van der Waals surface area contributed by atoms with Gasteiger partial charge in [0.05, 0.1) is 5.69 Å². The molecule has 1 aliphatic heterocycles. The lowest BCUT2D eigenvalue weighted by Crippen LogP contribution is -2.39. The Morgan fingerprint density at radius 2 is 2.28 bits per heavy atom. The van der Waals surface area contributed by atoms with Crippen LogP contribution in [0, 0.1) is 5.92 Å². The molecule has 1 aromatic heterocycles. The molecule has 1 aliphatic rings. The highest BCUT2D eigenvalue weighted by Gasteiger charge is 2.23. The Labute approximate surface area is 110 Å². The van der Waals surface area contributed by atoms with Crippen molar-refractivity contribution >= 4 is 0 Å². The Bertz CT molecular complexity index is 358. The van der Waals surface area contributed by atoms with Crippen LogP contribution in [0.3, 0.4) is 0 Å². The smallest absolute Gasteiger partial charge is 0.0771 e. The van der Waals surface area contributed by atoms with Gasteiger partial charge < -0.3 is 5.32 Å². The van der Waals surface area contributed by atoms with Crippen LogP contribution in [0.4, 0.5) is 0 Å². The maximum Gasteiger partial charge on any atom is 0.0771 e. The zero-order valence-corrected chi connectivity index (χ0v) is 11.7. The van der Waals surface area contributed by atoms with Crippen molar-refractivity contribution in [1.82, 2.24) is 20.4 Å². The normalized spacial score (nSPS) is 21.4. The molecule has 0 aliphatic carbocycles. The summed E-state index contributed by atoms with van der Waals surface area (Å²) in [5.74, 6) is 0.765. The minimum absolute atomic E-state index is 0.221. The van der Waals surface area contributed by atoms with E-state index in [0.717, 1.165) is 24.7 Å². The Balaban J connectivity index is 1.75. The molecule has 4 nitrogen and oxygen atoms in total. The molecule has 0 bridgehead atoms. The molecule has 0 radical (unpaired) electrons. The predicted molar refractivity (Wildman–Crippen MR) is 73.2 cm³/mol. The molecule has 1 aromatic rings. The van der Waals surface area contributed by atoms with Crippen molar-refractivity contribution in [2.45, 2.75) is 39.3 Å². The molecule has 1 fully saturated rings. The molecular weight excluding hydrogens is 224 g/mol. The van der Waals surface area contributed by atoms with Crippen molar-refractivity contribution in [2.75, 3.05) is 19.6 Å². The van der Waals surface area contributed by atoms with Gasteiger partial charge in [0.2, 0.25) is 0 Å². The van der Waals surface area contributed by atoms with Crippen LogP contribution < -0.4 is 5.32 Å². The third-order valence-electron chi connectivity index (χ3n) is 3.30. The van der Waals surface area contributed by atoms with Gasteiger partial charge in [-0.3, -0.25) is 4.90 Å². The van der Waals surface area contributed by atoms with E-state index in [1.807, 2.05) is 12.1 Å². The lowest BCUT2D eigenvalue weighted by molar-refractivity contribution is 0.301. The van der Waals surface area contributed by atoms with E-state index in [1.165, 1.54) is 19.5 Å². The zero-order valence-electron chi connectivity index (χ0n) is 11.7. The first-order valence-electron chi connectivity index (χ1n) is 6.77. The number of likely N-dealkylation sites (tertiary alicyclic amines) is 1. The van der Waals surface area contributed by atoms with E-state index in [4.69, 9.17) is 0 Å². The molecular formula is C14H24N4. The van der Waals surface area contributed by atoms with Crippen molar-refractivity contribution in [3.63, 3.8) is 0 Å². The average molecular weight is 248 g/mol. The highest BCUT2D eigenvalue weighted by molar-refractivity contribution is 4.99. The Morgan fingerprint density at radius 3 is 2.94 bits per heavy atom. The zero-order chi connectivity index (χ0) is 13.0. The van der Waals surface area contributed by atoms with Crippen LogP contribution >= 0.6 is 0 Å². The molecule has 2 rings (SSSR count). The van der Waals surface area contributed by atoms with Gasteiger partial charge in [-0.25, -0.2) is 0 Å². The number of aromatic nitrogens is 2. The van der Waals surface area contributed by atoms with Crippen LogP contribution in [0.15, 0.2) is 18.3 Å². The van der Waals surface area contributed by atoms with Crippen LogP contribution in [-0.4, -0.2) is 40.3 Å². The summed E-state index contributed by atoms with van der Waals surface area (Å²) in [4.78, 5) is 2.47. The van der Waals surface area contributed by atoms with Crippen LogP contribution in [-0.2, 0) is 6.54 Å². The minimum atomic E-state index is 0.221. The standard InChI is InChI=1S/C14H24N4/c1-14(2,3)15-9-12-6-8-18(10-12)11-13-5-4-7-16-17-13/h4-5,7,12,15H,6,8-11H2,1-3H3. The average Bonchev–Trinajstić information content (AvgIpc) is 2.75. The minimum Gasteiger partial charge on any atom is -0.312 e. The summed E-state index contributed by atoms with van der Waals surface area (Å²) in [5.41, 5.74) is 1.29. The molecule has 18 heavy (non-hydrogen) atoms. The van der Waals surface area contributed by atoms with E-state index < -0.39 is 0 Å². The Morgan fingerprint density at radius 1 is 1.44 bits per heavy atom. The van der Waals surface area contributed by atoms with Crippen molar-refractivity contribution < 1.29 is 0 Å². The molecule has 2 heterocycles. The molecule has 0 aromatic carbocycles. The summed E-state index contributed by atoms with van der Waals surface area (Å²) in [7, 11) is 0. The molecule has 1 saturated heterocycles. The van der Waals surface area contributed by atoms with Gasteiger partial charge in [-0.05, 0) is 58.3 Å². The second kappa shape index (κ2) is 5.76. The first kappa shape index (κ1) is 13.4. The number of nitrogens with one attached hydrogen (secondary N) is 1. The van der Waals surface area contributed by atoms with E-state index in [0.29, 0.717) is 0 Å². The summed E-state index contributed by atoms with van der Waals surface area (Å²) in [5, 5.41) is 11.7. The van der Waals surface area contributed by atoms with E-state index in [9.17, 15) is 0 Å². The summed E-state index contributed by atoms with van der Waals surface area (Å²) in [6.07, 6.45) is 3.01. The van der Waals surface area contributed by atoms with E-state index in [-0.39, 0.29) is 5.54 Å². The maximum absolute atomic E-state index is 4.15. The van der Waals surface area contributed by atoms with Crippen molar-refractivity contribution in [1.29, 1.82) is 0 Å². The lowest BCUT2D eigenvalue weighted by atomic mass is 10.1. The fourth-order valence-corrected chi connectivity index (χ4v) is 2.32. The van der Waals surface area contributed by atoms with Crippen LogP contribution in [0.2, 0.25) is 0 Å². The summed E-state index contributed by atoms with van der Waals surface area (Å²) < 4.78 is 0. The molecule has 0 spiro atoms. The van der Waals surface area contributed by atoms with Gasteiger partial charge >= 0.3 is 0 Å². The van der Waals surface area contributed by atoms with Crippen LogP contribution in [0.25, 0.3) is 0 Å². The SMILES string of the molecule is CC(C)(C)NCC1CCN(Cc2cccnn2)C1. The predicted octanol–water partition coefficient (Wildman–Crippen LogP) is 1.69. The number of hydrogen-bond donors (Lipinski definition) is 1. The molecule has 1 atom stereocenters. The first-order valence-corrected chi connectivity index (χ1v) is 6.77. The van der Waals surface area contributed by atoms with Gasteiger partial charge in [0.15, 0.2) is 0 Å². The molecule has 100 valence electrons. The third kappa shape index (κ3) is 4.35. The maximum atomic E-state index is 4.15. The highest BCUT2D eigenvalue weighted by atomic mass is 15.2. The van der Waals surface area contributed by atoms with E-state index in [1.54, 1.807) is 6.20 Å². The van der Waals surface area contributed by atoms with Crippen LogP contribution in [0.1, 0.15) is 32.9 Å². The monoisotopic (exact) mass is 248 g/mol. The Kier molecular flexibility index (Phi) is 4.30. The largest absolute Gasteiger partial charge is 0.312 e. The van der Waals surface area contributed by atoms with Gasteiger partial charge in [-0.15, -0.1) is 0 Å². The van der Waals surface area contributed by atoms with Gasteiger partial charge in [0, 0.05) is 24.8 Å². The van der Waals surface area contributed by atoms with E-state index >= 15 is 0 Å². The Hall–Kier alpha value is -1.00. The highest BCUT2D eigenvalue weighted by Crippen LogP contribution is 2.18. The second-order valence-corrected chi connectivity index (χ2v) is 6.24. The lowest BCUT2D eigenvalue weighted by Gasteiger charge is -2.23. The topological polar surface area (TPSA) is 41.0 Å². The number of hydrogen-bond acceptors (Lipinski definition) is 4. The summed E-state index contributed by atoms with van der Waals surface area (Å²) in [6.45, 7) is 11.0. The molecule has 0 saturated carbocycles. The molecule has 4 heteroatoms. The van der Waals surface area contributed by atoms with Crippen molar-refractivity contribution in [2.24, 2.45) is 5.92 Å². The van der Waals surface area contributed by atoms with Crippen LogP contribution in [0.5, 0.6) is 0 Å². The summed E-state index contributed by atoms with van der Waals surface area (Å²) >= 11 is 0. The van der Waals surface area contributed by atoms with Gasteiger partial charge in [-0.1, -0.05) is 0 Å². The molecule has 0 amide bonds. The third-order valence-corrected chi connectivity index (χ3v) is 3.30.